The highest BCUT2D eigenvalue weighted by Gasteiger charge is 2.41. The maximum Gasteiger partial charge on any atom is 0.0606 e. The first kappa shape index (κ1) is 10.0. The van der Waals surface area contributed by atoms with Crippen LogP contribution in [0.25, 0.3) is 0 Å². The van der Waals surface area contributed by atoms with Gasteiger partial charge >= 0.3 is 0 Å². The van der Waals surface area contributed by atoms with Crippen LogP contribution in [0.4, 0.5) is 0 Å². The van der Waals surface area contributed by atoms with Crippen LogP contribution >= 0.6 is 0 Å². The van der Waals surface area contributed by atoms with Crippen molar-refractivity contribution in [2.24, 2.45) is 17.1 Å². The van der Waals surface area contributed by atoms with E-state index >= 15 is 0 Å². The second-order valence-electron chi connectivity index (χ2n) is 4.34. The van der Waals surface area contributed by atoms with E-state index in [1.165, 1.54) is 6.42 Å². The molecule has 2 nitrogen and oxygen atoms in total. The molecule has 1 rings (SSSR count). The molecule has 72 valence electrons. The fourth-order valence-electron chi connectivity index (χ4n) is 2.49. The van der Waals surface area contributed by atoms with Gasteiger partial charge in [0.25, 0.3) is 0 Å². The number of aliphatic hydroxyl groups is 1. The molecule has 0 amide bonds. The minimum atomic E-state index is -0.188. The van der Waals surface area contributed by atoms with Gasteiger partial charge in [0.15, 0.2) is 0 Å². The Bertz CT molecular complexity index is 149. The van der Waals surface area contributed by atoms with Gasteiger partial charge in [-0.3, -0.25) is 0 Å². The molecule has 3 N–H and O–H groups in total. The molecule has 0 spiro atoms. The van der Waals surface area contributed by atoms with Gasteiger partial charge in [0.1, 0.15) is 0 Å². The summed E-state index contributed by atoms with van der Waals surface area (Å²) in [7, 11) is 0. The van der Waals surface area contributed by atoms with Gasteiger partial charge in [0, 0.05) is 12.0 Å². The lowest BCUT2D eigenvalue weighted by atomic mass is 9.78. The van der Waals surface area contributed by atoms with Gasteiger partial charge in [-0.15, -0.1) is 0 Å². The predicted octanol–water partition coefficient (Wildman–Crippen LogP) is 1.52. The van der Waals surface area contributed by atoms with Crippen LogP contribution in [-0.4, -0.2) is 17.8 Å². The summed E-state index contributed by atoms with van der Waals surface area (Å²) >= 11 is 0. The Morgan fingerprint density at radius 2 is 2.33 bits per heavy atom. The van der Waals surface area contributed by atoms with Crippen molar-refractivity contribution in [3.05, 3.63) is 0 Å². The molecule has 3 atom stereocenters. The maximum absolute atomic E-state index is 9.85. The van der Waals surface area contributed by atoms with Crippen molar-refractivity contribution in [3.8, 4) is 0 Å². The van der Waals surface area contributed by atoms with Gasteiger partial charge in [0.2, 0.25) is 0 Å². The molecule has 1 fully saturated rings. The van der Waals surface area contributed by atoms with Crippen molar-refractivity contribution in [1.29, 1.82) is 0 Å². The van der Waals surface area contributed by atoms with E-state index in [2.05, 4.69) is 6.92 Å². The summed E-state index contributed by atoms with van der Waals surface area (Å²) in [4.78, 5) is 0. The quantitative estimate of drug-likeness (QED) is 0.676. The van der Waals surface area contributed by atoms with Crippen LogP contribution in [0.1, 0.15) is 39.5 Å². The van der Waals surface area contributed by atoms with Crippen LogP contribution < -0.4 is 5.73 Å². The number of rotatable bonds is 3. The number of hydrogen-bond donors (Lipinski definition) is 2. The van der Waals surface area contributed by atoms with Gasteiger partial charge < -0.3 is 10.8 Å². The first-order valence-corrected chi connectivity index (χ1v) is 5.02. The molecule has 0 heterocycles. The second-order valence-corrected chi connectivity index (χ2v) is 4.34. The van der Waals surface area contributed by atoms with Crippen molar-refractivity contribution >= 4 is 0 Å². The van der Waals surface area contributed by atoms with Crippen LogP contribution in [0.3, 0.4) is 0 Å². The third-order valence-electron chi connectivity index (χ3n) is 3.39. The average molecular weight is 171 g/mol. The average Bonchev–Trinajstić information content (AvgIpc) is 2.47. The normalized spacial score (nSPS) is 38.5. The van der Waals surface area contributed by atoms with E-state index < -0.39 is 0 Å². The minimum Gasteiger partial charge on any atom is -0.393 e. The van der Waals surface area contributed by atoms with E-state index in [9.17, 15) is 5.11 Å². The Balaban J connectivity index is 2.63. The van der Waals surface area contributed by atoms with Crippen molar-refractivity contribution in [2.75, 3.05) is 6.54 Å². The van der Waals surface area contributed by atoms with E-state index in [1.807, 2.05) is 6.92 Å². The largest absolute Gasteiger partial charge is 0.393 e. The summed E-state index contributed by atoms with van der Waals surface area (Å²) in [6.45, 7) is 4.93. The molecule has 0 bridgehead atoms. The Morgan fingerprint density at radius 1 is 1.67 bits per heavy atom. The zero-order chi connectivity index (χ0) is 9.19. The lowest BCUT2D eigenvalue weighted by Crippen LogP contribution is -2.39. The van der Waals surface area contributed by atoms with E-state index in [0.717, 1.165) is 25.2 Å². The zero-order valence-corrected chi connectivity index (χ0v) is 8.21. The fourth-order valence-corrected chi connectivity index (χ4v) is 2.49. The smallest absolute Gasteiger partial charge is 0.0606 e. The van der Waals surface area contributed by atoms with Gasteiger partial charge in [0.05, 0.1) is 6.10 Å². The molecule has 2 heteroatoms. The maximum atomic E-state index is 9.85. The monoisotopic (exact) mass is 171 g/mol. The van der Waals surface area contributed by atoms with Crippen LogP contribution in [-0.2, 0) is 0 Å². The molecule has 1 aliphatic carbocycles. The standard InChI is InChI=1S/C10H21NO/c1-3-9(12)10(7-11)5-4-8(2)6-10/h8-9,12H,3-7,11H2,1-2H3. The minimum absolute atomic E-state index is 0.0498. The lowest BCUT2D eigenvalue weighted by molar-refractivity contribution is 0.0294. The molecule has 1 aliphatic rings. The van der Waals surface area contributed by atoms with E-state index in [1.54, 1.807) is 0 Å². The van der Waals surface area contributed by atoms with Gasteiger partial charge in [-0.1, -0.05) is 20.3 Å². The zero-order valence-electron chi connectivity index (χ0n) is 8.21. The van der Waals surface area contributed by atoms with Gasteiger partial charge in [-0.25, -0.2) is 0 Å². The first-order valence-electron chi connectivity index (χ1n) is 5.02. The molecule has 3 unspecified atom stereocenters. The summed E-state index contributed by atoms with van der Waals surface area (Å²) < 4.78 is 0. The highest BCUT2D eigenvalue weighted by atomic mass is 16.3. The van der Waals surface area contributed by atoms with E-state index in [-0.39, 0.29) is 11.5 Å². The molecule has 0 radical (unpaired) electrons. The van der Waals surface area contributed by atoms with Crippen molar-refractivity contribution in [1.82, 2.24) is 0 Å². The third kappa shape index (κ3) is 1.64. The van der Waals surface area contributed by atoms with Crippen molar-refractivity contribution in [2.45, 2.75) is 45.6 Å². The summed E-state index contributed by atoms with van der Waals surface area (Å²) in [5.41, 5.74) is 5.80. The van der Waals surface area contributed by atoms with E-state index in [4.69, 9.17) is 5.73 Å². The molecule has 1 saturated carbocycles. The Hall–Kier alpha value is -0.0800. The number of hydrogen-bond acceptors (Lipinski definition) is 2. The Morgan fingerprint density at radius 3 is 2.67 bits per heavy atom. The van der Waals surface area contributed by atoms with Gasteiger partial charge in [-0.2, -0.15) is 0 Å². The molecule has 0 aliphatic heterocycles. The summed E-state index contributed by atoms with van der Waals surface area (Å²) in [6.07, 6.45) is 4.10. The van der Waals surface area contributed by atoms with Crippen LogP contribution in [0.15, 0.2) is 0 Å². The first-order chi connectivity index (χ1) is 5.64. The molecule has 0 saturated heterocycles. The van der Waals surface area contributed by atoms with Crippen molar-refractivity contribution in [3.63, 3.8) is 0 Å². The SMILES string of the molecule is CCC(O)C1(CN)CCC(C)C1. The van der Waals surface area contributed by atoms with Crippen LogP contribution in [0, 0.1) is 11.3 Å². The molecule has 0 aromatic heterocycles. The second kappa shape index (κ2) is 3.75. The summed E-state index contributed by atoms with van der Waals surface area (Å²) in [5, 5.41) is 9.85. The van der Waals surface area contributed by atoms with Crippen LogP contribution in [0.5, 0.6) is 0 Å². The molecule has 0 aromatic carbocycles. The molecular weight excluding hydrogens is 150 g/mol. The Labute approximate surface area is 75.2 Å². The highest BCUT2D eigenvalue weighted by molar-refractivity contribution is 4.93. The Kier molecular flexibility index (Phi) is 3.13. The topological polar surface area (TPSA) is 46.2 Å². The molecule has 0 aromatic rings. The molecular formula is C10H21NO. The van der Waals surface area contributed by atoms with E-state index in [0.29, 0.717) is 6.54 Å². The predicted molar refractivity (Wildman–Crippen MR) is 50.8 cm³/mol. The number of nitrogens with two attached hydrogens (primary N) is 1. The number of aliphatic hydroxyl groups excluding tert-OH is 1. The highest BCUT2D eigenvalue weighted by Crippen LogP contribution is 2.44. The third-order valence-corrected chi connectivity index (χ3v) is 3.39. The fraction of sp³-hybridized carbons (Fsp3) is 1.00. The summed E-state index contributed by atoms with van der Waals surface area (Å²) in [6, 6.07) is 0. The van der Waals surface area contributed by atoms with Gasteiger partial charge in [-0.05, 0) is 25.2 Å². The van der Waals surface area contributed by atoms with Crippen LogP contribution in [0.2, 0.25) is 0 Å². The molecule has 12 heavy (non-hydrogen) atoms. The summed E-state index contributed by atoms with van der Waals surface area (Å²) in [5.74, 6) is 0.745. The lowest BCUT2D eigenvalue weighted by Gasteiger charge is -2.32. The van der Waals surface area contributed by atoms with Crippen molar-refractivity contribution < 1.29 is 5.11 Å².